The van der Waals surface area contributed by atoms with Crippen molar-refractivity contribution < 1.29 is 38.8 Å². The van der Waals surface area contributed by atoms with Crippen LogP contribution in [0.25, 0.3) is 33.4 Å². The molecule has 0 bridgehead atoms. The Morgan fingerprint density at radius 2 is 1.03 bits per heavy atom. The van der Waals surface area contributed by atoms with Gasteiger partial charge in [0.2, 0.25) is 0 Å². The van der Waals surface area contributed by atoms with Gasteiger partial charge in [-0.1, -0.05) is 24.3 Å². The maximum absolute atomic E-state index is 13.2. The number of rotatable bonds is 14. The normalized spacial score (nSPS) is 11.0. The molecule has 0 unspecified atom stereocenters. The Morgan fingerprint density at radius 1 is 0.558 bits per heavy atom. The van der Waals surface area contributed by atoms with E-state index in [4.69, 9.17) is 19.9 Å². The Morgan fingerprint density at radius 3 is 1.55 bits per heavy atom. The van der Waals surface area contributed by atoms with Crippen molar-refractivity contribution in [3.05, 3.63) is 175 Å². The minimum Gasteiger partial charge on any atom is -0.505 e. The molecule has 10 aromatic rings. The Bertz CT molecular complexity index is 3940. The van der Waals surface area contributed by atoms with Crippen LogP contribution in [0.2, 0.25) is 0 Å². The molecule has 0 fully saturated rings. The van der Waals surface area contributed by atoms with Gasteiger partial charge in [-0.2, -0.15) is 24.8 Å². The zero-order valence-electron chi connectivity index (χ0n) is 40.7. The van der Waals surface area contributed by atoms with Gasteiger partial charge in [-0.25, -0.2) is 19.9 Å². The van der Waals surface area contributed by atoms with Crippen LogP contribution in [0.15, 0.2) is 173 Å². The monoisotopic (exact) mass is 1030 g/mol. The fourth-order valence-electron chi connectivity index (χ4n) is 7.51. The maximum Gasteiger partial charge on any atom is 0.259 e. The molecule has 4 aromatic heterocycles. The number of azo groups is 2. The smallest absolute Gasteiger partial charge is 0.259 e. The van der Waals surface area contributed by atoms with Gasteiger partial charge in [0, 0.05) is 46.9 Å². The van der Waals surface area contributed by atoms with Crippen LogP contribution in [0.1, 0.15) is 36.6 Å². The van der Waals surface area contributed by atoms with E-state index in [1.165, 1.54) is 59.7 Å². The zero-order valence-corrected chi connectivity index (χ0v) is 40.7. The summed E-state index contributed by atoms with van der Waals surface area (Å²) < 4.78 is 18.1. The molecule has 0 spiro atoms. The van der Waals surface area contributed by atoms with Gasteiger partial charge in [0.15, 0.2) is 23.1 Å². The minimum atomic E-state index is -0.789. The molecule has 6 aromatic carbocycles. The van der Waals surface area contributed by atoms with Crippen molar-refractivity contribution in [3.8, 4) is 46.7 Å². The molecule has 0 radical (unpaired) electrons. The topological polar surface area (TPSA) is 330 Å². The lowest BCUT2D eigenvalue weighted by molar-refractivity contribution is 0.0996. The number of amides is 3. The van der Waals surface area contributed by atoms with E-state index in [9.17, 15) is 29.9 Å². The molecule has 0 aliphatic rings. The average Bonchev–Trinajstić information content (AvgIpc) is 4.10. The highest BCUT2D eigenvalue weighted by atomic mass is 16.5. The first-order chi connectivity index (χ1) is 37.5. The SMILES string of the molecule is COc1ccc(NC(=O)c2cc3cc(OC)ccc3c(N=Nc3c(C#N)cnn3-c3ncccn3)c2O)cc1.COc1ccc(NC(=O)c2cc3ccccc3c(N=Nc3c(C(N)=O)cnn3-c3ncccn3)c2O)cc1. The Hall–Kier alpha value is -11.5. The molecule has 24 nitrogen and oxygen atoms in total. The molecule has 3 amide bonds. The number of nitriles is 1. The molecule has 10 rings (SSSR count). The summed E-state index contributed by atoms with van der Waals surface area (Å²) in [5, 5.41) is 64.8. The van der Waals surface area contributed by atoms with Crippen molar-refractivity contribution >= 4 is 73.7 Å². The van der Waals surface area contributed by atoms with Crippen LogP contribution < -0.4 is 30.6 Å². The number of methoxy groups -OCH3 is 3. The Balaban J connectivity index is 0.000000188. The summed E-state index contributed by atoms with van der Waals surface area (Å²) in [6.07, 6.45) is 8.58. The summed E-state index contributed by atoms with van der Waals surface area (Å²) in [6, 6.07) is 34.0. The van der Waals surface area contributed by atoms with E-state index >= 15 is 0 Å². The number of hydrogen-bond donors (Lipinski definition) is 5. The van der Waals surface area contributed by atoms with Crippen LogP contribution in [0.4, 0.5) is 34.4 Å². The molecular formula is C53H40N16O8. The maximum atomic E-state index is 13.2. The molecule has 0 aliphatic carbocycles. The number of nitrogens with two attached hydrogens (primary N) is 1. The number of hydrogen-bond acceptors (Lipinski definition) is 19. The largest absolute Gasteiger partial charge is 0.505 e. The summed E-state index contributed by atoms with van der Waals surface area (Å²) in [6.45, 7) is 0. The van der Waals surface area contributed by atoms with Gasteiger partial charge in [0.05, 0.1) is 44.8 Å². The van der Waals surface area contributed by atoms with Gasteiger partial charge < -0.3 is 40.8 Å². The number of nitrogens with zero attached hydrogens (tertiary/aromatic N) is 13. The van der Waals surface area contributed by atoms with E-state index in [-0.39, 0.29) is 57.2 Å². The van der Waals surface area contributed by atoms with Crippen molar-refractivity contribution in [2.75, 3.05) is 32.0 Å². The highest BCUT2D eigenvalue weighted by Crippen LogP contribution is 2.42. The summed E-state index contributed by atoms with van der Waals surface area (Å²) in [4.78, 5) is 54.9. The van der Waals surface area contributed by atoms with Gasteiger partial charge in [0.1, 0.15) is 45.8 Å². The van der Waals surface area contributed by atoms with E-state index in [1.807, 2.05) is 6.07 Å². The number of aromatic hydroxyl groups is 2. The predicted molar refractivity (Wildman–Crippen MR) is 280 cm³/mol. The molecule has 6 N–H and O–H groups in total. The molecule has 0 aliphatic heterocycles. The second kappa shape index (κ2) is 22.5. The van der Waals surface area contributed by atoms with Gasteiger partial charge in [-0.05, 0) is 102 Å². The van der Waals surface area contributed by atoms with Gasteiger partial charge in [-0.3, -0.25) is 14.4 Å². The lowest BCUT2D eigenvalue weighted by atomic mass is 10.0. The van der Waals surface area contributed by atoms with Crippen molar-refractivity contribution in [2.45, 2.75) is 0 Å². The van der Waals surface area contributed by atoms with E-state index in [0.29, 0.717) is 50.2 Å². The number of primary amides is 1. The van der Waals surface area contributed by atoms with Gasteiger partial charge in [0.25, 0.3) is 29.6 Å². The average molecular weight is 1030 g/mol. The molecular weight excluding hydrogens is 989 g/mol. The van der Waals surface area contributed by atoms with Crippen molar-refractivity contribution in [3.63, 3.8) is 0 Å². The van der Waals surface area contributed by atoms with E-state index in [0.717, 1.165) is 0 Å². The van der Waals surface area contributed by atoms with E-state index in [2.05, 4.69) is 61.2 Å². The van der Waals surface area contributed by atoms with Crippen LogP contribution in [-0.4, -0.2) is 88.8 Å². The molecule has 0 atom stereocenters. The number of nitrogens with one attached hydrogen (secondary N) is 2. The minimum absolute atomic E-state index is 0.0140. The van der Waals surface area contributed by atoms with Crippen molar-refractivity contribution in [1.29, 1.82) is 5.26 Å². The highest BCUT2D eigenvalue weighted by molar-refractivity contribution is 6.13. The second-order valence-electron chi connectivity index (χ2n) is 16.0. The van der Waals surface area contributed by atoms with E-state index in [1.54, 1.807) is 123 Å². The molecule has 24 heteroatoms. The third kappa shape index (κ3) is 10.8. The predicted octanol–water partition coefficient (Wildman–Crippen LogP) is 9.37. The molecule has 380 valence electrons. The van der Waals surface area contributed by atoms with Crippen LogP contribution in [-0.2, 0) is 0 Å². The third-order valence-electron chi connectivity index (χ3n) is 11.3. The molecule has 4 heterocycles. The van der Waals surface area contributed by atoms with Crippen LogP contribution >= 0.6 is 0 Å². The van der Waals surface area contributed by atoms with E-state index < -0.39 is 29.2 Å². The standard InChI is InChI=1S/C27H20N8O4.C26H20N8O4/c1-38-19-6-4-18(5-7-19)32-26(37)22-13-16-12-20(39-2)8-9-21(16)23(24(22)36)33-34-25-17(14-28)15-31-35(25)27-29-10-3-11-30-27;1-38-17-9-7-16(8-10-17)31-25(37)19-13-15-5-2-3-6-18(15)21(22(19)35)32-33-24-20(23(27)36)14-30-34(24)26-28-11-4-12-29-26/h3-13,15,36H,1-2H3,(H,32,37);2-14,35H,1H3,(H2,27,36)(H,31,37). The highest BCUT2D eigenvalue weighted by Gasteiger charge is 2.23. The number of carbonyl (C=O) groups is 3. The van der Waals surface area contributed by atoms with Crippen LogP contribution in [0.3, 0.4) is 0 Å². The fourth-order valence-corrected chi connectivity index (χ4v) is 7.51. The Labute approximate surface area is 435 Å². The summed E-state index contributed by atoms with van der Waals surface area (Å²) in [7, 11) is 4.61. The fraction of sp³-hybridized carbons (Fsp3) is 0.0566. The number of phenolic OH excluding ortho intramolecular Hbond substituents is 2. The molecule has 0 saturated carbocycles. The first-order valence-electron chi connectivity index (χ1n) is 22.7. The molecule has 0 saturated heterocycles. The number of carbonyl (C=O) groups excluding carboxylic acids is 3. The molecule has 77 heavy (non-hydrogen) atoms. The van der Waals surface area contributed by atoms with Gasteiger partial charge >= 0.3 is 0 Å². The number of anilines is 2. The summed E-state index contributed by atoms with van der Waals surface area (Å²) in [5.41, 5.74) is 6.56. The number of benzene rings is 6. The first-order valence-corrected chi connectivity index (χ1v) is 22.7. The third-order valence-corrected chi connectivity index (χ3v) is 11.3. The van der Waals surface area contributed by atoms with Crippen LogP contribution in [0, 0.1) is 11.3 Å². The van der Waals surface area contributed by atoms with Crippen molar-refractivity contribution in [2.24, 2.45) is 26.2 Å². The number of fused-ring (bicyclic) bond motifs is 2. The number of aromatic nitrogens is 8. The summed E-state index contributed by atoms with van der Waals surface area (Å²) in [5.74, 6) is -0.582. The summed E-state index contributed by atoms with van der Waals surface area (Å²) >= 11 is 0. The lowest BCUT2D eigenvalue weighted by Gasteiger charge is -2.12. The lowest BCUT2D eigenvalue weighted by Crippen LogP contribution is -2.12. The quantitative estimate of drug-likeness (QED) is 0.0633. The number of phenols is 2. The Kier molecular flexibility index (Phi) is 14.8. The number of ether oxygens (including phenoxy) is 3. The van der Waals surface area contributed by atoms with Crippen molar-refractivity contribution in [1.82, 2.24) is 39.5 Å². The second-order valence-corrected chi connectivity index (χ2v) is 16.0. The van der Waals surface area contributed by atoms with Crippen LogP contribution in [0.5, 0.6) is 28.7 Å². The first kappa shape index (κ1) is 50.5. The van der Waals surface area contributed by atoms with Gasteiger partial charge in [-0.15, -0.1) is 20.5 Å². The zero-order chi connectivity index (χ0) is 54.0.